The highest BCUT2D eigenvalue weighted by molar-refractivity contribution is 7.92. The highest BCUT2D eigenvalue weighted by Gasteiger charge is 2.20. The minimum Gasteiger partial charge on any atom is -0.482 e. The summed E-state index contributed by atoms with van der Waals surface area (Å²) < 4.78 is 33.5. The van der Waals surface area contributed by atoms with Crippen molar-refractivity contribution < 1.29 is 22.7 Å². The molecule has 0 saturated carbocycles. The van der Waals surface area contributed by atoms with Gasteiger partial charge in [0.1, 0.15) is 5.75 Å². The lowest BCUT2D eigenvalue weighted by molar-refractivity contribution is -0.133. The molecule has 0 bridgehead atoms. The standard InChI is InChI=1S/C21H24ClN3O5S/c1-3-25(4-2)21(27)13-30-19-9-6-15(12-17(19)22)24-31(28,29)16-7-8-18-14(11-16)5-10-20(26)23-18/h6-9,11-12,24H,3-5,10,13H2,1-2H3,(H,23,26). The Morgan fingerprint density at radius 3 is 2.58 bits per heavy atom. The summed E-state index contributed by atoms with van der Waals surface area (Å²) in [6.45, 7) is 4.78. The van der Waals surface area contributed by atoms with Crippen molar-refractivity contribution in [2.45, 2.75) is 31.6 Å². The number of nitrogens with zero attached hydrogens (tertiary/aromatic N) is 1. The van der Waals surface area contributed by atoms with Crippen LogP contribution in [0.15, 0.2) is 41.3 Å². The molecule has 0 fully saturated rings. The van der Waals surface area contributed by atoms with Crippen LogP contribution < -0.4 is 14.8 Å². The van der Waals surface area contributed by atoms with Crippen LogP contribution in [0.2, 0.25) is 5.02 Å². The zero-order valence-electron chi connectivity index (χ0n) is 17.3. The van der Waals surface area contributed by atoms with Gasteiger partial charge in [-0.15, -0.1) is 0 Å². The lowest BCUT2D eigenvalue weighted by Crippen LogP contribution is -2.34. The maximum absolute atomic E-state index is 12.8. The molecule has 166 valence electrons. The molecule has 2 aromatic rings. The highest BCUT2D eigenvalue weighted by Crippen LogP contribution is 2.30. The Morgan fingerprint density at radius 1 is 1.16 bits per heavy atom. The molecule has 3 rings (SSSR count). The van der Waals surface area contributed by atoms with Crippen molar-refractivity contribution in [1.29, 1.82) is 0 Å². The van der Waals surface area contributed by atoms with Gasteiger partial charge < -0.3 is 15.0 Å². The number of ether oxygens (including phenoxy) is 1. The fraction of sp³-hybridized carbons (Fsp3) is 0.333. The second kappa shape index (κ2) is 9.57. The lowest BCUT2D eigenvalue weighted by atomic mass is 10.0. The molecule has 1 heterocycles. The van der Waals surface area contributed by atoms with Crippen LogP contribution in [0, 0.1) is 0 Å². The third-order valence-electron chi connectivity index (χ3n) is 4.93. The fourth-order valence-electron chi connectivity index (χ4n) is 3.23. The number of amides is 2. The van der Waals surface area contributed by atoms with Crippen molar-refractivity contribution in [1.82, 2.24) is 4.90 Å². The number of nitrogens with one attached hydrogen (secondary N) is 2. The summed E-state index contributed by atoms with van der Waals surface area (Å²) in [7, 11) is -3.86. The van der Waals surface area contributed by atoms with Gasteiger partial charge in [-0.1, -0.05) is 11.6 Å². The van der Waals surface area contributed by atoms with Crippen LogP contribution in [0.4, 0.5) is 11.4 Å². The third-order valence-corrected chi connectivity index (χ3v) is 6.61. The molecule has 2 aromatic carbocycles. The number of likely N-dealkylation sites (N-methyl/N-ethyl adjacent to an activating group) is 1. The number of hydrogen-bond donors (Lipinski definition) is 2. The van der Waals surface area contributed by atoms with Crippen molar-refractivity contribution in [3.63, 3.8) is 0 Å². The zero-order chi connectivity index (χ0) is 22.6. The molecule has 31 heavy (non-hydrogen) atoms. The van der Waals surface area contributed by atoms with E-state index in [0.717, 1.165) is 5.56 Å². The van der Waals surface area contributed by atoms with Gasteiger partial charge in [0.15, 0.2) is 6.61 Å². The first-order valence-electron chi connectivity index (χ1n) is 9.89. The molecular formula is C21H24ClN3O5S. The van der Waals surface area contributed by atoms with Crippen molar-refractivity contribution in [2.24, 2.45) is 0 Å². The number of halogens is 1. The molecule has 0 saturated heterocycles. The molecule has 8 nitrogen and oxygen atoms in total. The zero-order valence-corrected chi connectivity index (χ0v) is 18.8. The van der Waals surface area contributed by atoms with Gasteiger partial charge in [0.2, 0.25) is 5.91 Å². The number of aryl methyl sites for hydroxylation is 1. The summed E-state index contributed by atoms with van der Waals surface area (Å²) in [4.78, 5) is 25.3. The van der Waals surface area contributed by atoms with Gasteiger partial charge in [-0.2, -0.15) is 0 Å². The summed E-state index contributed by atoms with van der Waals surface area (Å²) >= 11 is 6.22. The third kappa shape index (κ3) is 5.48. The van der Waals surface area contributed by atoms with E-state index >= 15 is 0 Å². The molecule has 0 spiro atoms. The summed E-state index contributed by atoms with van der Waals surface area (Å²) in [5.41, 5.74) is 1.65. The number of hydrogen-bond acceptors (Lipinski definition) is 5. The average Bonchev–Trinajstić information content (AvgIpc) is 2.73. The normalized spacial score (nSPS) is 13.2. The van der Waals surface area contributed by atoms with Gasteiger partial charge in [-0.05, 0) is 62.2 Å². The SMILES string of the molecule is CCN(CC)C(=O)COc1ccc(NS(=O)(=O)c2ccc3c(c2)CCC(=O)N3)cc1Cl. The molecule has 1 aliphatic rings. The molecule has 2 N–H and O–H groups in total. The van der Waals surface area contributed by atoms with Gasteiger partial charge in [0, 0.05) is 25.2 Å². The van der Waals surface area contributed by atoms with E-state index in [9.17, 15) is 18.0 Å². The summed E-state index contributed by atoms with van der Waals surface area (Å²) in [6, 6.07) is 9.02. The van der Waals surface area contributed by atoms with E-state index in [0.29, 0.717) is 31.6 Å². The van der Waals surface area contributed by atoms with E-state index in [1.807, 2.05) is 13.8 Å². The monoisotopic (exact) mass is 465 g/mol. The van der Waals surface area contributed by atoms with Crippen LogP contribution in [0.3, 0.4) is 0 Å². The quantitative estimate of drug-likeness (QED) is 0.622. The van der Waals surface area contributed by atoms with E-state index in [1.54, 1.807) is 17.0 Å². The Labute approximate surface area is 186 Å². The Morgan fingerprint density at radius 2 is 1.90 bits per heavy atom. The van der Waals surface area contributed by atoms with E-state index < -0.39 is 10.0 Å². The van der Waals surface area contributed by atoms with Crippen LogP contribution in [0.1, 0.15) is 25.8 Å². The number of rotatable bonds is 8. The van der Waals surface area contributed by atoms with Crippen molar-refractivity contribution in [3.05, 3.63) is 47.0 Å². The van der Waals surface area contributed by atoms with Crippen LogP contribution in [0.25, 0.3) is 0 Å². The molecule has 2 amide bonds. The minimum atomic E-state index is -3.86. The van der Waals surface area contributed by atoms with Gasteiger partial charge >= 0.3 is 0 Å². The van der Waals surface area contributed by atoms with Crippen molar-refractivity contribution in [3.8, 4) is 5.75 Å². The number of carbonyl (C=O) groups excluding carboxylic acids is 2. The van der Waals surface area contributed by atoms with Crippen LogP contribution >= 0.6 is 11.6 Å². The molecule has 0 unspecified atom stereocenters. The van der Waals surface area contributed by atoms with Gasteiger partial charge in [0.25, 0.3) is 15.9 Å². The lowest BCUT2D eigenvalue weighted by Gasteiger charge is -2.19. The number of fused-ring (bicyclic) bond motifs is 1. The second-order valence-corrected chi connectivity index (χ2v) is 9.06. The largest absolute Gasteiger partial charge is 0.482 e. The smallest absolute Gasteiger partial charge is 0.261 e. The van der Waals surface area contributed by atoms with Crippen molar-refractivity contribution >= 4 is 44.8 Å². The molecule has 1 aliphatic heterocycles. The van der Waals surface area contributed by atoms with Crippen LogP contribution in [-0.4, -0.2) is 44.8 Å². The summed E-state index contributed by atoms with van der Waals surface area (Å²) in [6.07, 6.45) is 0.798. The van der Waals surface area contributed by atoms with Gasteiger partial charge in [-0.3, -0.25) is 14.3 Å². The summed E-state index contributed by atoms with van der Waals surface area (Å²) in [5.74, 6) is 0.0427. The second-order valence-electron chi connectivity index (χ2n) is 6.97. The van der Waals surface area contributed by atoms with E-state index in [-0.39, 0.29) is 39.8 Å². The molecule has 0 aromatic heterocycles. The Balaban J connectivity index is 1.70. The van der Waals surface area contributed by atoms with Crippen LogP contribution in [-0.2, 0) is 26.0 Å². The molecule has 0 atom stereocenters. The van der Waals surface area contributed by atoms with Crippen LogP contribution in [0.5, 0.6) is 5.75 Å². The highest BCUT2D eigenvalue weighted by atomic mass is 35.5. The Bertz CT molecular complexity index is 1100. The van der Waals surface area contributed by atoms with Gasteiger partial charge in [-0.25, -0.2) is 8.42 Å². The first-order valence-corrected chi connectivity index (χ1v) is 11.7. The van der Waals surface area contributed by atoms with E-state index in [1.165, 1.54) is 24.3 Å². The summed E-state index contributed by atoms with van der Waals surface area (Å²) in [5, 5.41) is 2.90. The molecular weight excluding hydrogens is 442 g/mol. The maximum Gasteiger partial charge on any atom is 0.261 e. The predicted octanol–water partition coefficient (Wildman–Crippen LogP) is 3.27. The molecule has 10 heteroatoms. The number of sulfonamides is 1. The Kier molecular flexibility index (Phi) is 7.07. The first-order chi connectivity index (χ1) is 14.7. The maximum atomic E-state index is 12.8. The fourth-order valence-corrected chi connectivity index (χ4v) is 4.56. The van der Waals surface area contributed by atoms with E-state index in [2.05, 4.69) is 10.0 Å². The molecule has 0 aliphatic carbocycles. The average molecular weight is 466 g/mol. The number of carbonyl (C=O) groups is 2. The van der Waals surface area contributed by atoms with Crippen molar-refractivity contribution in [2.75, 3.05) is 29.7 Å². The predicted molar refractivity (Wildman–Crippen MR) is 119 cm³/mol. The number of benzene rings is 2. The topological polar surface area (TPSA) is 105 Å². The minimum absolute atomic E-state index is 0.0861. The first kappa shape index (κ1) is 22.9. The number of anilines is 2. The van der Waals surface area contributed by atoms with E-state index in [4.69, 9.17) is 16.3 Å². The Hall–Kier alpha value is -2.78. The van der Waals surface area contributed by atoms with Gasteiger partial charge in [0.05, 0.1) is 15.6 Å². The molecule has 0 radical (unpaired) electrons.